The van der Waals surface area contributed by atoms with Crippen molar-refractivity contribution in [1.82, 2.24) is 14.7 Å². The van der Waals surface area contributed by atoms with Crippen molar-refractivity contribution in [2.75, 3.05) is 26.9 Å². The minimum Gasteiger partial charge on any atom is -0.308 e. The van der Waals surface area contributed by atoms with Crippen LogP contribution in [-0.2, 0) is 22.6 Å². The van der Waals surface area contributed by atoms with Gasteiger partial charge in [0.15, 0.2) is 15.5 Å². The number of benzene rings is 2. The second-order valence-corrected chi connectivity index (χ2v) is 10.4. The molecule has 0 aliphatic heterocycles. The van der Waals surface area contributed by atoms with Crippen molar-refractivity contribution in [3.8, 4) is 22.4 Å². The van der Waals surface area contributed by atoms with E-state index in [4.69, 9.17) is 23.2 Å². The van der Waals surface area contributed by atoms with Crippen LogP contribution in [0.2, 0.25) is 10.0 Å². The zero-order chi connectivity index (χ0) is 23.8. The Morgan fingerprint density at radius 3 is 2.19 bits per heavy atom. The van der Waals surface area contributed by atoms with Gasteiger partial charge in [-0.2, -0.15) is 18.3 Å². The Bertz CT molecular complexity index is 1240. The number of hydrogen-bond acceptors (Lipinski definition) is 4. The van der Waals surface area contributed by atoms with Crippen LogP contribution in [-0.4, -0.2) is 50.0 Å². The molecule has 11 heteroatoms. The Balaban J connectivity index is 2.32. The van der Waals surface area contributed by atoms with Gasteiger partial charge in [-0.05, 0) is 38.4 Å². The molecule has 0 saturated carbocycles. The van der Waals surface area contributed by atoms with E-state index in [0.717, 1.165) is 10.9 Å². The number of likely N-dealkylation sites (N-methyl/N-ethyl adjacent to an activating group) is 1. The van der Waals surface area contributed by atoms with Crippen molar-refractivity contribution in [3.63, 3.8) is 0 Å². The Labute approximate surface area is 194 Å². The smallest absolute Gasteiger partial charge is 0.308 e. The van der Waals surface area contributed by atoms with E-state index in [2.05, 4.69) is 5.10 Å². The van der Waals surface area contributed by atoms with Gasteiger partial charge in [0, 0.05) is 34.5 Å². The van der Waals surface area contributed by atoms with Crippen LogP contribution in [0.25, 0.3) is 22.4 Å². The molecular weight excluding hydrogens is 486 g/mol. The first-order valence-electron chi connectivity index (χ1n) is 9.37. The molecule has 0 spiro atoms. The number of aromatic nitrogens is 2. The third kappa shape index (κ3) is 5.28. The van der Waals surface area contributed by atoms with Crippen molar-refractivity contribution in [3.05, 3.63) is 58.2 Å². The molecule has 0 radical (unpaired) electrons. The maximum atomic E-state index is 14.3. The third-order valence-electron chi connectivity index (χ3n) is 4.74. The molecule has 3 rings (SSSR count). The van der Waals surface area contributed by atoms with E-state index in [-0.39, 0.29) is 38.3 Å². The minimum atomic E-state index is -4.72. The molecule has 0 unspecified atom stereocenters. The monoisotopic (exact) mass is 505 g/mol. The van der Waals surface area contributed by atoms with Gasteiger partial charge in [0.1, 0.15) is 5.69 Å². The molecule has 0 bridgehead atoms. The van der Waals surface area contributed by atoms with Crippen molar-refractivity contribution < 1.29 is 21.6 Å². The van der Waals surface area contributed by atoms with E-state index in [9.17, 15) is 21.6 Å². The highest BCUT2D eigenvalue weighted by Gasteiger charge is 2.41. The summed E-state index contributed by atoms with van der Waals surface area (Å²) in [5.41, 5.74) is -0.634. The first kappa shape index (κ1) is 24.6. The average Bonchev–Trinajstić information content (AvgIpc) is 3.05. The predicted molar refractivity (Wildman–Crippen MR) is 120 cm³/mol. The number of halogens is 5. The molecule has 0 fully saturated rings. The van der Waals surface area contributed by atoms with Crippen LogP contribution in [0.1, 0.15) is 5.69 Å². The van der Waals surface area contributed by atoms with Crippen LogP contribution in [0.4, 0.5) is 13.2 Å². The van der Waals surface area contributed by atoms with Gasteiger partial charge in [-0.1, -0.05) is 41.4 Å². The lowest BCUT2D eigenvalue weighted by molar-refractivity contribution is -0.143. The Kier molecular flexibility index (Phi) is 6.95. The SMILES string of the molecule is CN(C)CCn1nc(-c2ccc(S(C)(=O)=O)cc2)c(-c2ccc(Cl)cc2Cl)c1C(F)(F)F. The topological polar surface area (TPSA) is 55.2 Å². The van der Waals surface area contributed by atoms with E-state index < -0.39 is 21.7 Å². The number of rotatable bonds is 6. The fraction of sp³-hybridized carbons (Fsp3) is 0.286. The van der Waals surface area contributed by atoms with Gasteiger partial charge in [-0.15, -0.1) is 0 Å². The van der Waals surface area contributed by atoms with Crippen molar-refractivity contribution >= 4 is 33.0 Å². The van der Waals surface area contributed by atoms with Crippen LogP contribution >= 0.6 is 23.2 Å². The van der Waals surface area contributed by atoms with E-state index in [1.54, 1.807) is 19.0 Å². The molecule has 1 aromatic heterocycles. The molecule has 3 aromatic rings. The van der Waals surface area contributed by atoms with E-state index in [0.29, 0.717) is 12.1 Å². The summed E-state index contributed by atoms with van der Waals surface area (Å²) in [7, 11) is 0.0304. The summed E-state index contributed by atoms with van der Waals surface area (Å²) in [6.45, 7) is 0.312. The molecule has 5 nitrogen and oxygen atoms in total. The molecule has 0 saturated heterocycles. The second kappa shape index (κ2) is 9.05. The molecule has 32 heavy (non-hydrogen) atoms. The molecule has 0 aliphatic carbocycles. The summed E-state index contributed by atoms with van der Waals surface area (Å²) in [5, 5.41) is 4.61. The zero-order valence-corrected chi connectivity index (χ0v) is 19.7. The lowest BCUT2D eigenvalue weighted by Crippen LogP contribution is -2.23. The van der Waals surface area contributed by atoms with Crippen LogP contribution in [0, 0.1) is 0 Å². The summed E-state index contributed by atoms with van der Waals surface area (Å²) in [6.07, 6.45) is -3.67. The number of hydrogen-bond donors (Lipinski definition) is 0. The number of nitrogens with zero attached hydrogens (tertiary/aromatic N) is 3. The Hall–Kier alpha value is -2.07. The van der Waals surface area contributed by atoms with Gasteiger partial charge < -0.3 is 4.90 Å². The molecule has 0 amide bonds. The van der Waals surface area contributed by atoms with E-state index in [1.165, 1.54) is 42.5 Å². The van der Waals surface area contributed by atoms with Crippen molar-refractivity contribution in [2.45, 2.75) is 17.6 Å². The Morgan fingerprint density at radius 2 is 1.69 bits per heavy atom. The maximum Gasteiger partial charge on any atom is 0.433 e. The van der Waals surface area contributed by atoms with Gasteiger partial charge in [0.25, 0.3) is 0 Å². The Morgan fingerprint density at radius 1 is 1.06 bits per heavy atom. The van der Waals surface area contributed by atoms with Gasteiger partial charge in [-0.3, -0.25) is 4.68 Å². The largest absolute Gasteiger partial charge is 0.433 e. The summed E-state index contributed by atoms with van der Waals surface area (Å²) in [5.74, 6) is 0. The average molecular weight is 506 g/mol. The standard InChI is InChI=1S/C21H20Cl2F3N3O2S/c1-28(2)10-11-29-20(21(24,25)26)18(16-9-6-14(22)12-17(16)23)19(27-29)13-4-7-15(8-5-13)32(3,30)31/h4-9,12H,10-11H2,1-3H3. The lowest BCUT2D eigenvalue weighted by Gasteiger charge is -2.15. The molecule has 1 heterocycles. The quantitative estimate of drug-likeness (QED) is 0.443. The van der Waals surface area contributed by atoms with Crippen molar-refractivity contribution in [1.29, 1.82) is 0 Å². The summed E-state index contributed by atoms with van der Waals surface area (Å²) in [6, 6.07) is 9.78. The van der Waals surface area contributed by atoms with Crippen molar-refractivity contribution in [2.24, 2.45) is 0 Å². The van der Waals surface area contributed by atoms with Gasteiger partial charge in [0.05, 0.1) is 16.5 Å². The second-order valence-electron chi connectivity index (χ2n) is 7.52. The van der Waals surface area contributed by atoms with Crippen LogP contribution < -0.4 is 0 Å². The highest BCUT2D eigenvalue weighted by atomic mass is 35.5. The summed E-state index contributed by atoms with van der Waals surface area (Å²) < 4.78 is 67.2. The first-order valence-corrected chi connectivity index (χ1v) is 12.0. The molecule has 2 aromatic carbocycles. The first-order chi connectivity index (χ1) is 14.8. The fourth-order valence-electron chi connectivity index (χ4n) is 3.22. The molecule has 0 atom stereocenters. The lowest BCUT2D eigenvalue weighted by atomic mass is 9.98. The molecular formula is C21H20Cl2F3N3O2S. The minimum absolute atomic E-state index is 0.0124. The third-order valence-corrected chi connectivity index (χ3v) is 6.41. The molecule has 0 N–H and O–H groups in total. The summed E-state index contributed by atoms with van der Waals surface area (Å²) >= 11 is 12.2. The molecule has 172 valence electrons. The van der Waals surface area contributed by atoms with E-state index in [1.807, 2.05) is 0 Å². The summed E-state index contributed by atoms with van der Waals surface area (Å²) in [4.78, 5) is 1.80. The van der Waals surface area contributed by atoms with Crippen LogP contribution in [0.3, 0.4) is 0 Å². The van der Waals surface area contributed by atoms with Crippen LogP contribution in [0.15, 0.2) is 47.4 Å². The zero-order valence-electron chi connectivity index (χ0n) is 17.4. The normalized spacial score (nSPS) is 12.5. The number of alkyl halides is 3. The van der Waals surface area contributed by atoms with E-state index >= 15 is 0 Å². The van der Waals surface area contributed by atoms with Crippen LogP contribution in [0.5, 0.6) is 0 Å². The van der Waals surface area contributed by atoms with Gasteiger partial charge >= 0.3 is 6.18 Å². The van der Waals surface area contributed by atoms with Gasteiger partial charge in [0.2, 0.25) is 0 Å². The highest BCUT2D eigenvalue weighted by Crippen LogP contribution is 2.45. The predicted octanol–water partition coefficient (Wildman–Crippen LogP) is 5.51. The maximum absolute atomic E-state index is 14.3. The highest BCUT2D eigenvalue weighted by molar-refractivity contribution is 7.90. The molecule has 0 aliphatic rings. The fourth-order valence-corrected chi connectivity index (χ4v) is 4.35. The number of sulfone groups is 1. The van der Waals surface area contributed by atoms with Gasteiger partial charge in [-0.25, -0.2) is 8.42 Å².